The van der Waals surface area contributed by atoms with E-state index in [0.29, 0.717) is 11.6 Å². The van der Waals surface area contributed by atoms with Gasteiger partial charge in [-0.1, -0.05) is 32.9 Å². The summed E-state index contributed by atoms with van der Waals surface area (Å²) in [5.74, 6) is 1.12. The van der Waals surface area contributed by atoms with Gasteiger partial charge in [0, 0.05) is 18.0 Å². The van der Waals surface area contributed by atoms with Crippen molar-refractivity contribution < 1.29 is 4.74 Å². The molecule has 0 spiro atoms. The van der Waals surface area contributed by atoms with Crippen molar-refractivity contribution in [3.63, 3.8) is 0 Å². The number of nitrogens with zero attached hydrogens (tertiary/aromatic N) is 2. The lowest BCUT2D eigenvalue weighted by Crippen LogP contribution is -2.07. The normalized spacial score (nSPS) is 12.2. The molecular formula is C15H21N3O. The van der Waals surface area contributed by atoms with Crippen molar-refractivity contribution in [1.29, 1.82) is 5.41 Å². The van der Waals surface area contributed by atoms with Crippen molar-refractivity contribution in [2.75, 3.05) is 7.11 Å². The first-order valence-corrected chi connectivity index (χ1v) is 6.42. The average molecular weight is 259 g/mol. The molecule has 102 valence electrons. The van der Waals surface area contributed by atoms with Crippen LogP contribution >= 0.6 is 0 Å². The van der Waals surface area contributed by atoms with E-state index in [1.54, 1.807) is 13.3 Å². The largest absolute Gasteiger partial charge is 0.496 e. The van der Waals surface area contributed by atoms with Crippen molar-refractivity contribution >= 4 is 18.1 Å². The molecule has 1 N–H and O–H groups in total. The Bertz CT molecular complexity index is 490. The van der Waals surface area contributed by atoms with Crippen LogP contribution in [-0.4, -0.2) is 25.3 Å². The SMILES string of the molecule is CC/C=N\N=C(/C=N)c1cccc(C(C)C)c1OC. The van der Waals surface area contributed by atoms with Crippen molar-refractivity contribution in [1.82, 2.24) is 0 Å². The minimum atomic E-state index is 0.348. The van der Waals surface area contributed by atoms with Gasteiger partial charge < -0.3 is 10.1 Å². The van der Waals surface area contributed by atoms with Crippen LogP contribution in [-0.2, 0) is 0 Å². The highest BCUT2D eigenvalue weighted by molar-refractivity contribution is 6.38. The lowest BCUT2D eigenvalue weighted by atomic mass is 9.97. The zero-order chi connectivity index (χ0) is 14.3. The quantitative estimate of drug-likeness (QED) is 0.615. The van der Waals surface area contributed by atoms with E-state index in [1.807, 2.05) is 25.1 Å². The lowest BCUT2D eigenvalue weighted by molar-refractivity contribution is 0.407. The van der Waals surface area contributed by atoms with Crippen LogP contribution in [0.3, 0.4) is 0 Å². The van der Waals surface area contributed by atoms with Crippen molar-refractivity contribution in [3.8, 4) is 5.75 Å². The van der Waals surface area contributed by atoms with E-state index >= 15 is 0 Å². The fourth-order valence-corrected chi connectivity index (χ4v) is 1.78. The minimum absolute atomic E-state index is 0.348. The Hall–Kier alpha value is -1.97. The molecule has 0 saturated carbocycles. The molecule has 0 aliphatic carbocycles. The van der Waals surface area contributed by atoms with Crippen LogP contribution < -0.4 is 4.74 Å². The van der Waals surface area contributed by atoms with Crippen molar-refractivity contribution in [2.24, 2.45) is 10.2 Å². The molecule has 0 aliphatic heterocycles. The number of hydrogen-bond donors (Lipinski definition) is 1. The molecule has 19 heavy (non-hydrogen) atoms. The van der Waals surface area contributed by atoms with E-state index in [1.165, 1.54) is 6.21 Å². The molecule has 4 nitrogen and oxygen atoms in total. The third-order valence-corrected chi connectivity index (χ3v) is 2.71. The smallest absolute Gasteiger partial charge is 0.131 e. The summed E-state index contributed by atoms with van der Waals surface area (Å²) in [7, 11) is 1.64. The highest BCUT2D eigenvalue weighted by Gasteiger charge is 2.14. The second-order valence-electron chi connectivity index (χ2n) is 4.42. The van der Waals surface area contributed by atoms with E-state index in [0.717, 1.165) is 23.3 Å². The third kappa shape index (κ3) is 3.74. The Morgan fingerprint density at radius 2 is 2.16 bits per heavy atom. The number of benzene rings is 1. The summed E-state index contributed by atoms with van der Waals surface area (Å²) in [6.07, 6.45) is 3.73. The summed E-state index contributed by atoms with van der Waals surface area (Å²) in [6.45, 7) is 6.21. The summed E-state index contributed by atoms with van der Waals surface area (Å²) in [5, 5.41) is 15.5. The number of para-hydroxylation sites is 1. The predicted molar refractivity (Wildman–Crippen MR) is 81.2 cm³/mol. The van der Waals surface area contributed by atoms with E-state index in [9.17, 15) is 0 Å². The number of nitrogens with one attached hydrogen (secondary N) is 1. The zero-order valence-corrected chi connectivity index (χ0v) is 12.0. The predicted octanol–water partition coefficient (Wildman–Crippen LogP) is 3.65. The van der Waals surface area contributed by atoms with Gasteiger partial charge in [-0.2, -0.15) is 5.10 Å². The second-order valence-corrected chi connectivity index (χ2v) is 4.42. The topological polar surface area (TPSA) is 57.8 Å². The molecule has 1 rings (SSSR count). The number of methoxy groups -OCH3 is 1. The van der Waals surface area contributed by atoms with E-state index < -0.39 is 0 Å². The Balaban J connectivity index is 3.31. The lowest BCUT2D eigenvalue weighted by Gasteiger charge is -2.15. The van der Waals surface area contributed by atoms with Gasteiger partial charge in [0.15, 0.2) is 0 Å². The average Bonchev–Trinajstić information content (AvgIpc) is 2.42. The van der Waals surface area contributed by atoms with Gasteiger partial charge in [-0.05, 0) is 24.0 Å². The van der Waals surface area contributed by atoms with Gasteiger partial charge >= 0.3 is 0 Å². The molecule has 4 heteroatoms. The number of rotatable bonds is 6. The number of ether oxygens (including phenoxy) is 1. The minimum Gasteiger partial charge on any atom is -0.496 e. The highest BCUT2D eigenvalue weighted by atomic mass is 16.5. The monoisotopic (exact) mass is 259 g/mol. The Morgan fingerprint density at radius 3 is 2.68 bits per heavy atom. The van der Waals surface area contributed by atoms with Crippen molar-refractivity contribution in [3.05, 3.63) is 29.3 Å². The molecule has 0 radical (unpaired) electrons. The van der Waals surface area contributed by atoms with Gasteiger partial charge in [-0.15, -0.1) is 5.10 Å². The van der Waals surface area contributed by atoms with Crippen LogP contribution in [0.15, 0.2) is 28.4 Å². The van der Waals surface area contributed by atoms with Crippen molar-refractivity contribution in [2.45, 2.75) is 33.1 Å². The van der Waals surface area contributed by atoms with Crippen LogP contribution in [0.5, 0.6) is 5.75 Å². The van der Waals surface area contributed by atoms with Crippen LogP contribution in [0, 0.1) is 5.41 Å². The first kappa shape index (κ1) is 15.1. The molecule has 0 aromatic heterocycles. The molecule has 0 heterocycles. The van der Waals surface area contributed by atoms with Crippen LogP contribution in [0.2, 0.25) is 0 Å². The molecule has 1 aromatic rings. The zero-order valence-electron chi connectivity index (χ0n) is 12.0. The molecule has 0 fully saturated rings. The number of hydrogen-bond acceptors (Lipinski definition) is 4. The van der Waals surface area contributed by atoms with Crippen LogP contribution in [0.1, 0.15) is 44.2 Å². The van der Waals surface area contributed by atoms with Gasteiger partial charge in [-0.3, -0.25) is 0 Å². The molecule has 0 bridgehead atoms. The maximum atomic E-state index is 7.50. The molecule has 0 aliphatic rings. The maximum Gasteiger partial charge on any atom is 0.131 e. The van der Waals surface area contributed by atoms with Gasteiger partial charge in [-0.25, -0.2) is 0 Å². The van der Waals surface area contributed by atoms with Gasteiger partial charge in [0.2, 0.25) is 0 Å². The van der Waals surface area contributed by atoms with E-state index in [4.69, 9.17) is 10.1 Å². The second kappa shape index (κ2) is 7.46. The highest BCUT2D eigenvalue weighted by Crippen LogP contribution is 2.30. The fourth-order valence-electron chi connectivity index (χ4n) is 1.78. The Morgan fingerprint density at radius 1 is 1.42 bits per heavy atom. The molecule has 0 amide bonds. The molecular weight excluding hydrogens is 238 g/mol. The Kier molecular flexibility index (Phi) is 5.93. The third-order valence-electron chi connectivity index (χ3n) is 2.71. The van der Waals surface area contributed by atoms with E-state index in [2.05, 4.69) is 24.1 Å². The van der Waals surface area contributed by atoms with Gasteiger partial charge in [0.25, 0.3) is 0 Å². The van der Waals surface area contributed by atoms with E-state index in [-0.39, 0.29) is 0 Å². The van der Waals surface area contributed by atoms with Crippen LogP contribution in [0.4, 0.5) is 0 Å². The van der Waals surface area contributed by atoms with Crippen LogP contribution in [0.25, 0.3) is 0 Å². The van der Waals surface area contributed by atoms with Gasteiger partial charge in [0.05, 0.1) is 7.11 Å². The summed E-state index contributed by atoms with van der Waals surface area (Å²) < 4.78 is 5.49. The Labute approximate surface area is 114 Å². The fraction of sp³-hybridized carbons (Fsp3) is 0.400. The molecule has 0 unspecified atom stereocenters. The standard InChI is InChI=1S/C15H21N3O/c1-5-9-17-18-14(10-16)13-8-6-7-12(11(2)3)15(13)19-4/h6-11,16H,5H2,1-4H3/b16-10?,17-9-,18-14+. The molecule has 1 aromatic carbocycles. The summed E-state index contributed by atoms with van der Waals surface area (Å²) in [4.78, 5) is 0. The van der Waals surface area contributed by atoms with Gasteiger partial charge in [0.1, 0.15) is 11.5 Å². The summed E-state index contributed by atoms with van der Waals surface area (Å²) in [5.41, 5.74) is 2.41. The summed E-state index contributed by atoms with van der Waals surface area (Å²) >= 11 is 0. The summed E-state index contributed by atoms with van der Waals surface area (Å²) in [6, 6.07) is 5.88. The first-order chi connectivity index (χ1) is 9.15. The molecule has 0 saturated heterocycles. The first-order valence-electron chi connectivity index (χ1n) is 6.42. The molecule has 0 atom stereocenters. The maximum absolute atomic E-state index is 7.50.